The SMILES string of the molecule is CC(C)(C)C(=O)/C=C(\O)C(C)(C)C.[Ir].[c-]1ccccc1-c1nccc2ccccc12. The van der Waals surface area contributed by atoms with Crippen molar-refractivity contribution < 1.29 is 30.0 Å². The maximum Gasteiger partial charge on any atom is 0.164 e. The van der Waals surface area contributed by atoms with E-state index in [2.05, 4.69) is 23.2 Å². The molecule has 0 aliphatic rings. The fourth-order valence-electron chi connectivity index (χ4n) is 2.43. The third-order valence-corrected chi connectivity index (χ3v) is 4.41. The molecule has 1 N–H and O–H groups in total. The standard InChI is InChI=1S/C15H10N.C11H20O2.Ir/c1-2-7-13(8-3-1)15-14-9-5-4-6-12(14)10-11-16-15;1-10(2,3)8(12)7-9(13)11(4,5)6;/h1-7,9-11H;7,12H,1-6H3;/q-1;;/b;8-7-;. The van der Waals surface area contributed by atoms with Crippen LogP contribution in [0.5, 0.6) is 0 Å². The van der Waals surface area contributed by atoms with Crippen molar-refractivity contribution in [1.82, 2.24) is 4.98 Å². The van der Waals surface area contributed by atoms with Crippen LogP contribution in [-0.4, -0.2) is 15.9 Å². The number of ketones is 1. The van der Waals surface area contributed by atoms with Gasteiger partial charge in [0.15, 0.2) is 5.78 Å². The van der Waals surface area contributed by atoms with Gasteiger partial charge in [0.25, 0.3) is 0 Å². The van der Waals surface area contributed by atoms with Crippen LogP contribution in [0, 0.1) is 16.9 Å². The summed E-state index contributed by atoms with van der Waals surface area (Å²) in [5, 5.41) is 11.9. The van der Waals surface area contributed by atoms with Gasteiger partial charge < -0.3 is 10.1 Å². The molecule has 0 saturated heterocycles. The van der Waals surface area contributed by atoms with Gasteiger partial charge in [-0.25, -0.2) is 0 Å². The van der Waals surface area contributed by atoms with Crippen LogP contribution in [0.3, 0.4) is 0 Å². The summed E-state index contributed by atoms with van der Waals surface area (Å²) in [6.45, 7) is 11.1. The first-order chi connectivity index (χ1) is 13.5. The molecule has 0 fully saturated rings. The molecule has 2 aromatic carbocycles. The minimum absolute atomic E-state index is 0. The van der Waals surface area contributed by atoms with Crippen LogP contribution >= 0.6 is 0 Å². The van der Waals surface area contributed by atoms with Crippen LogP contribution in [0.4, 0.5) is 0 Å². The molecule has 1 aromatic heterocycles. The average molecular weight is 581 g/mol. The predicted molar refractivity (Wildman–Crippen MR) is 121 cm³/mol. The molecule has 0 saturated carbocycles. The Labute approximate surface area is 193 Å². The zero-order valence-corrected chi connectivity index (χ0v) is 20.9. The van der Waals surface area contributed by atoms with Gasteiger partial charge in [-0.05, 0) is 22.5 Å². The summed E-state index contributed by atoms with van der Waals surface area (Å²) in [5.41, 5.74) is 1.28. The number of allylic oxidation sites excluding steroid dienone is 2. The number of benzene rings is 2. The number of hydrogen-bond donors (Lipinski definition) is 1. The van der Waals surface area contributed by atoms with Crippen molar-refractivity contribution in [2.75, 3.05) is 0 Å². The van der Waals surface area contributed by atoms with Crippen LogP contribution in [0.15, 0.2) is 72.6 Å². The smallest absolute Gasteiger partial charge is 0.164 e. The van der Waals surface area contributed by atoms with E-state index in [1.807, 2.05) is 90.2 Å². The first kappa shape index (κ1) is 25.7. The average Bonchev–Trinajstić information content (AvgIpc) is 2.67. The van der Waals surface area contributed by atoms with Gasteiger partial charge in [0.05, 0.1) is 0 Å². The summed E-state index contributed by atoms with van der Waals surface area (Å²) in [5.74, 6) is 0.104. The fraction of sp³-hybridized carbons (Fsp3) is 0.308. The van der Waals surface area contributed by atoms with E-state index >= 15 is 0 Å². The summed E-state index contributed by atoms with van der Waals surface area (Å²) >= 11 is 0. The number of nitrogens with zero attached hydrogens (tertiary/aromatic N) is 1. The van der Waals surface area contributed by atoms with Crippen LogP contribution < -0.4 is 0 Å². The second kappa shape index (κ2) is 10.7. The van der Waals surface area contributed by atoms with Gasteiger partial charge in [0, 0.05) is 43.2 Å². The third-order valence-electron chi connectivity index (χ3n) is 4.41. The maximum absolute atomic E-state index is 11.5. The van der Waals surface area contributed by atoms with E-state index in [1.54, 1.807) is 0 Å². The van der Waals surface area contributed by atoms with Crippen LogP contribution in [0.2, 0.25) is 0 Å². The summed E-state index contributed by atoms with van der Waals surface area (Å²) < 4.78 is 0. The number of rotatable bonds is 2. The topological polar surface area (TPSA) is 50.2 Å². The van der Waals surface area contributed by atoms with E-state index in [9.17, 15) is 9.90 Å². The molecule has 3 rings (SSSR count). The Balaban J connectivity index is 0.000000299. The minimum Gasteiger partial charge on any atom is -0.512 e. The van der Waals surface area contributed by atoms with Crippen molar-refractivity contribution >= 4 is 16.6 Å². The van der Waals surface area contributed by atoms with Crippen LogP contribution in [0.1, 0.15) is 41.5 Å². The molecule has 0 aliphatic heterocycles. The Kier molecular flexibility index (Phi) is 9.14. The molecule has 0 unspecified atom stereocenters. The fourth-order valence-corrected chi connectivity index (χ4v) is 2.43. The van der Waals surface area contributed by atoms with Crippen molar-refractivity contribution in [3.8, 4) is 11.3 Å². The quantitative estimate of drug-likeness (QED) is 0.206. The molecular formula is C26H30IrNO2-. The molecule has 0 bridgehead atoms. The molecule has 4 heteroatoms. The Morgan fingerprint density at radius 1 is 0.933 bits per heavy atom. The number of aromatic nitrogens is 1. The first-order valence-corrected chi connectivity index (χ1v) is 9.76. The minimum atomic E-state index is -0.417. The van der Waals surface area contributed by atoms with Crippen LogP contribution in [-0.2, 0) is 24.9 Å². The van der Waals surface area contributed by atoms with Gasteiger partial charge >= 0.3 is 0 Å². The Bertz CT molecular complexity index is 991. The second-order valence-corrected chi connectivity index (χ2v) is 9.05. The van der Waals surface area contributed by atoms with Crippen molar-refractivity contribution in [3.63, 3.8) is 0 Å². The Morgan fingerprint density at radius 3 is 2.13 bits per heavy atom. The van der Waals surface area contributed by atoms with Gasteiger partial charge in [0.1, 0.15) is 5.76 Å². The van der Waals surface area contributed by atoms with E-state index in [0.29, 0.717) is 0 Å². The van der Waals surface area contributed by atoms with E-state index < -0.39 is 5.41 Å². The zero-order valence-electron chi connectivity index (χ0n) is 18.5. The summed E-state index contributed by atoms with van der Waals surface area (Å²) in [6.07, 6.45) is 3.18. The van der Waals surface area contributed by atoms with Gasteiger partial charge in [-0.2, -0.15) is 0 Å². The van der Waals surface area contributed by atoms with E-state index in [-0.39, 0.29) is 37.1 Å². The second-order valence-electron chi connectivity index (χ2n) is 9.05. The number of fused-ring (bicyclic) bond motifs is 1. The third kappa shape index (κ3) is 7.19. The molecule has 0 atom stereocenters. The molecule has 0 amide bonds. The summed E-state index contributed by atoms with van der Waals surface area (Å²) in [4.78, 5) is 15.9. The monoisotopic (exact) mass is 581 g/mol. The number of hydrogen-bond acceptors (Lipinski definition) is 3. The van der Waals surface area contributed by atoms with Crippen molar-refractivity contribution in [3.05, 3.63) is 78.7 Å². The van der Waals surface area contributed by atoms with E-state index in [0.717, 1.165) is 11.3 Å². The molecule has 0 spiro atoms. The Hall–Kier alpha value is -2.29. The van der Waals surface area contributed by atoms with Crippen molar-refractivity contribution in [2.45, 2.75) is 41.5 Å². The normalized spacial score (nSPS) is 11.9. The molecular weight excluding hydrogens is 551 g/mol. The number of carbonyl (C=O) groups excluding carboxylic acids is 1. The molecule has 30 heavy (non-hydrogen) atoms. The largest absolute Gasteiger partial charge is 0.512 e. The summed E-state index contributed by atoms with van der Waals surface area (Å²) in [6, 6.07) is 21.4. The summed E-state index contributed by atoms with van der Waals surface area (Å²) in [7, 11) is 0. The molecule has 161 valence electrons. The van der Waals surface area contributed by atoms with Gasteiger partial charge in [-0.3, -0.25) is 4.79 Å². The predicted octanol–water partition coefficient (Wildman–Crippen LogP) is 6.79. The molecule has 1 radical (unpaired) electrons. The molecule has 3 aromatic rings. The Morgan fingerprint density at radius 2 is 1.57 bits per heavy atom. The van der Waals surface area contributed by atoms with Crippen molar-refractivity contribution in [2.24, 2.45) is 10.8 Å². The van der Waals surface area contributed by atoms with Gasteiger partial charge in [-0.1, -0.05) is 65.8 Å². The molecule has 0 aliphatic carbocycles. The molecule has 1 heterocycles. The maximum atomic E-state index is 11.5. The zero-order chi connectivity index (χ0) is 21.7. The number of carbonyl (C=O) groups is 1. The van der Waals surface area contributed by atoms with Gasteiger partial charge in [-0.15, -0.1) is 35.9 Å². The van der Waals surface area contributed by atoms with E-state index in [1.165, 1.54) is 16.8 Å². The van der Waals surface area contributed by atoms with Crippen LogP contribution in [0.25, 0.3) is 22.0 Å². The van der Waals surface area contributed by atoms with Crippen molar-refractivity contribution in [1.29, 1.82) is 0 Å². The van der Waals surface area contributed by atoms with E-state index in [4.69, 9.17) is 0 Å². The number of aliphatic hydroxyl groups is 1. The molecule has 3 nitrogen and oxygen atoms in total. The number of aliphatic hydroxyl groups excluding tert-OH is 1. The van der Waals surface area contributed by atoms with Gasteiger partial charge in [0.2, 0.25) is 0 Å². The first-order valence-electron chi connectivity index (χ1n) is 9.76. The number of pyridine rings is 1.